The summed E-state index contributed by atoms with van der Waals surface area (Å²) in [5, 5.41) is 2.78. The first kappa shape index (κ1) is 22.9. The van der Waals surface area contributed by atoms with E-state index >= 15 is 0 Å². The average molecular weight is 457 g/mol. The first-order chi connectivity index (χ1) is 14.6. The van der Waals surface area contributed by atoms with Gasteiger partial charge in [-0.05, 0) is 30.3 Å². The molecule has 1 N–H and O–H groups in total. The lowest BCUT2D eigenvalue weighted by Gasteiger charge is -2.34. The Morgan fingerprint density at radius 2 is 1.65 bits per heavy atom. The molecule has 0 saturated carbocycles. The summed E-state index contributed by atoms with van der Waals surface area (Å²) >= 11 is 0. The fraction of sp³-hybridized carbons (Fsp3) is 0.350. The number of hydrogen-bond donors (Lipinski definition) is 1. The Morgan fingerprint density at radius 3 is 2.23 bits per heavy atom. The molecule has 0 spiro atoms. The minimum Gasteiger partial charge on any atom is -0.496 e. The summed E-state index contributed by atoms with van der Waals surface area (Å²) in [6.45, 7) is 0.680. The zero-order valence-corrected chi connectivity index (χ0v) is 17.5. The monoisotopic (exact) mass is 457 g/mol. The molecule has 0 aromatic heterocycles. The van der Waals surface area contributed by atoms with Gasteiger partial charge in [0.2, 0.25) is 10.0 Å². The van der Waals surface area contributed by atoms with Gasteiger partial charge in [-0.3, -0.25) is 0 Å². The topological polar surface area (TPSA) is 79.0 Å². The van der Waals surface area contributed by atoms with E-state index in [9.17, 15) is 26.4 Å². The molecule has 2 aromatic carbocycles. The highest BCUT2D eigenvalue weighted by atomic mass is 32.2. The molecule has 1 fully saturated rings. The van der Waals surface area contributed by atoms with Crippen LogP contribution in [0.4, 0.5) is 18.0 Å². The Kier molecular flexibility index (Phi) is 6.75. The van der Waals surface area contributed by atoms with Crippen molar-refractivity contribution in [3.8, 4) is 5.75 Å². The van der Waals surface area contributed by atoms with Crippen LogP contribution < -0.4 is 10.1 Å². The number of amides is 2. The molecule has 7 nitrogen and oxygen atoms in total. The SMILES string of the molecule is COc1ccccc1CNC(=O)N1CCN(S(=O)(=O)c2ccc(C(F)(F)F)cc2)CC1. The lowest BCUT2D eigenvalue weighted by molar-refractivity contribution is -0.137. The van der Waals surface area contributed by atoms with Crippen molar-refractivity contribution in [2.75, 3.05) is 33.3 Å². The van der Waals surface area contributed by atoms with E-state index in [4.69, 9.17) is 4.74 Å². The minimum absolute atomic E-state index is 0.0471. The van der Waals surface area contributed by atoms with Crippen LogP contribution in [0.2, 0.25) is 0 Å². The van der Waals surface area contributed by atoms with Gasteiger partial charge >= 0.3 is 12.2 Å². The molecule has 0 bridgehead atoms. The highest BCUT2D eigenvalue weighted by Gasteiger charge is 2.33. The summed E-state index contributed by atoms with van der Waals surface area (Å²) in [6.07, 6.45) is -4.54. The highest BCUT2D eigenvalue weighted by molar-refractivity contribution is 7.89. The van der Waals surface area contributed by atoms with Gasteiger partial charge in [-0.2, -0.15) is 17.5 Å². The number of carbonyl (C=O) groups is 1. The van der Waals surface area contributed by atoms with E-state index < -0.39 is 21.8 Å². The molecule has 1 heterocycles. The van der Waals surface area contributed by atoms with Crippen molar-refractivity contribution < 1.29 is 31.1 Å². The normalized spacial score (nSPS) is 15.5. The third-order valence-corrected chi connectivity index (χ3v) is 6.88. The molecule has 0 aliphatic carbocycles. The van der Waals surface area contributed by atoms with Gasteiger partial charge in [-0.25, -0.2) is 13.2 Å². The number of rotatable bonds is 5. The quantitative estimate of drug-likeness (QED) is 0.749. The van der Waals surface area contributed by atoms with Crippen molar-refractivity contribution in [1.29, 1.82) is 0 Å². The van der Waals surface area contributed by atoms with Crippen LogP contribution in [-0.2, 0) is 22.7 Å². The van der Waals surface area contributed by atoms with Crippen molar-refractivity contribution in [3.05, 3.63) is 59.7 Å². The van der Waals surface area contributed by atoms with Crippen molar-refractivity contribution >= 4 is 16.1 Å². The first-order valence-electron chi connectivity index (χ1n) is 9.45. The summed E-state index contributed by atoms with van der Waals surface area (Å²) in [5.74, 6) is 0.648. The molecule has 0 radical (unpaired) electrons. The van der Waals surface area contributed by atoms with Gasteiger partial charge in [0.1, 0.15) is 5.75 Å². The Morgan fingerprint density at radius 1 is 1.03 bits per heavy atom. The Labute approximate surface area is 178 Å². The molecule has 0 atom stereocenters. The number of ether oxygens (including phenoxy) is 1. The maximum absolute atomic E-state index is 12.7. The van der Waals surface area contributed by atoms with Crippen molar-refractivity contribution in [1.82, 2.24) is 14.5 Å². The first-order valence-corrected chi connectivity index (χ1v) is 10.9. The molecule has 0 unspecified atom stereocenters. The van der Waals surface area contributed by atoms with Crippen LogP contribution >= 0.6 is 0 Å². The van der Waals surface area contributed by atoms with Crippen LogP contribution in [0, 0.1) is 0 Å². The number of alkyl halides is 3. The van der Waals surface area contributed by atoms with Gasteiger partial charge in [-0.1, -0.05) is 18.2 Å². The molecule has 2 aromatic rings. The second kappa shape index (κ2) is 9.15. The summed E-state index contributed by atoms with van der Waals surface area (Å²) in [6, 6.07) is 10.3. The Balaban J connectivity index is 1.57. The van der Waals surface area contributed by atoms with Crippen LogP contribution in [0.1, 0.15) is 11.1 Å². The van der Waals surface area contributed by atoms with E-state index in [1.165, 1.54) is 16.3 Å². The van der Waals surface area contributed by atoms with Gasteiger partial charge in [0, 0.05) is 38.3 Å². The van der Waals surface area contributed by atoms with E-state index in [-0.39, 0.29) is 43.7 Å². The lowest BCUT2D eigenvalue weighted by atomic mass is 10.2. The largest absolute Gasteiger partial charge is 0.496 e. The maximum Gasteiger partial charge on any atom is 0.416 e. The van der Waals surface area contributed by atoms with Crippen LogP contribution in [-0.4, -0.2) is 56.9 Å². The average Bonchev–Trinajstić information content (AvgIpc) is 2.77. The number of benzene rings is 2. The van der Waals surface area contributed by atoms with Crippen LogP contribution in [0.15, 0.2) is 53.4 Å². The minimum atomic E-state index is -4.54. The maximum atomic E-state index is 12.7. The van der Waals surface area contributed by atoms with Gasteiger partial charge in [-0.15, -0.1) is 0 Å². The predicted octanol–water partition coefficient (Wildman–Crippen LogP) is 2.93. The molecule has 1 aliphatic heterocycles. The number of nitrogens with one attached hydrogen (secondary N) is 1. The zero-order valence-electron chi connectivity index (χ0n) is 16.7. The second-order valence-electron chi connectivity index (χ2n) is 6.88. The number of piperazine rings is 1. The number of para-hydroxylation sites is 1. The smallest absolute Gasteiger partial charge is 0.416 e. The number of hydrogen-bond acceptors (Lipinski definition) is 4. The second-order valence-corrected chi connectivity index (χ2v) is 8.82. The predicted molar refractivity (Wildman–Crippen MR) is 107 cm³/mol. The van der Waals surface area contributed by atoms with Gasteiger partial charge < -0.3 is 15.0 Å². The Bertz CT molecular complexity index is 1020. The van der Waals surface area contributed by atoms with E-state index in [2.05, 4.69) is 5.32 Å². The number of urea groups is 1. The third-order valence-electron chi connectivity index (χ3n) is 4.97. The van der Waals surface area contributed by atoms with E-state index in [1.807, 2.05) is 18.2 Å². The third kappa shape index (κ3) is 5.28. The van der Waals surface area contributed by atoms with Crippen molar-refractivity contribution in [2.24, 2.45) is 0 Å². The van der Waals surface area contributed by atoms with Crippen LogP contribution in [0.25, 0.3) is 0 Å². The van der Waals surface area contributed by atoms with E-state index in [0.717, 1.165) is 29.8 Å². The molecule has 2 amide bonds. The fourth-order valence-corrected chi connectivity index (χ4v) is 4.65. The molecular weight excluding hydrogens is 435 g/mol. The number of methoxy groups -OCH3 is 1. The number of sulfonamides is 1. The van der Waals surface area contributed by atoms with Crippen LogP contribution in [0.5, 0.6) is 5.75 Å². The Hall–Kier alpha value is -2.79. The molecule has 168 valence electrons. The van der Waals surface area contributed by atoms with E-state index in [0.29, 0.717) is 5.75 Å². The van der Waals surface area contributed by atoms with Gasteiger partial charge in [0.05, 0.1) is 17.6 Å². The molecule has 3 rings (SSSR count). The lowest BCUT2D eigenvalue weighted by Crippen LogP contribution is -2.52. The number of halogens is 3. The van der Waals surface area contributed by atoms with Crippen molar-refractivity contribution in [2.45, 2.75) is 17.6 Å². The van der Waals surface area contributed by atoms with E-state index in [1.54, 1.807) is 6.07 Å². The molecule has 1 saturated heterocycles. The molecule has 11 heteroatoms. The highest BCUT2D eigenvalue weighted by Crippen LogP contribution is 2.30. The number of carbonyl (C=O) groups excluding carboxylic acids is 1. The standard InChI is InChI=1S/C20H22F3N3O4S/c1-30-18-5-3-2-4-15(18)14-24-19(27)25-10-12-26(13-11-25)31(28,29)17-8-6-16(7-9-17)20(21,22)23/h2-9H,10-14H2,1H3,(H,24,27). The summed E-state index contributed by atoms with van der Waals surface area (Å²) in [4.78, 5) is 13.7. The summed E-state index contributed by atoms with van der Waals surface area (Å²) in [7, 11) is -2.41. The fourth-order valence-electron chi connectivity index (χ4n) is 3.23. The number of nitrogens with zero attached hydrogens (tertiary/aromatic N) is 2. The van der Waals surface area contributed by atoms with Crippen LogP contribution in [0.3, 0.4) is 0 Å². The molecule has 31 heavy (non-hydrogen) atoms. The summed E-state index contributed by atoms with van der Waals surface area (Å²) < 4.78 is 69.9. The van der Waals surface area contributed by atoms with Gasteiger partial charge in [0.25, 0.3) is 0 Å². The van der Waals surface area contributed by atoms with Crippen molar-refractivity contribution in [3.63, 3.8) is 0 Å². The van der Waals surface area contributed by atoms with Gasteiger partial charge in [0.15, 0.2) is 0 Å². The molecular formula is C20H22F3N3O4S. The molecule has 1 aliphatic rings. The zero-order chi connectivity index (χ0) is 22.6. The summed E-state index contributed by atoms with van der Waals surface area (Å²) in [5.41, 5.74) is -0.107.